The molecule has 1 amide bonds. The minimum Gasteiger partial charge on any atom is -0.496 e. The van der Waals surface area contributed by atoms with E-state index < -0.39 is 5.91 Å². The molecule has 2 aromatic carbocycles. The van der Waals surface area contributed by atoms with Crippen molar-refractivity contribution >= 4 is 23.0 Å². The van der Waals surface area contributed by atoms with Crippen molar-refractivity contribution in [3.8, 4) is 5.75 Å². The zero-order valence-corrected chi connectivity index (χ0v) is 12.8. The summed E-state index contributed by atoms with van der Waals surface area (Å²) < 4.78 is 5.19. The van der Waals surface area contributed by atoms with E-state index in [0.29, 0.717) is 22.2 Å². The fraction of sp³-hybridized carbons (Fsp3) is 0.0588. The normalized spacial score (nSPS) is 10.9. The molecule has 7 nitrogen and oxygen atoms in total. The first-order valence-corrected chi connectivity index (χ1v) is 7.14. The summed E-state index contributed by atoms with van der Waals surface area (Å²) in [5.41, 5.74) is 3.11. The number of fused-ring (bicyclic) bond motifs is 1. The third-order valence-corrected chi connectivity index (χ3v) is 3.34. The Morgan fingerprint density at radius 1 is 1.21 bits per heavy atom. The number of rotatable bonds is 4. The monoisotopic (exact) mass is 322 g/mol. The molecule has 1 heterocycles. The first-order chi connectivity index (χ1) is 11.7. The highest BCUT2D eigenvalue weighted by molar-refractivity contribution is 5.93. The van der Waals surface area contributed by atoms with Gasteiger partial charge in [-0.15, -0.1) is 0 Å². The molecule has 0 bridgehead atoms. The van der Waals surface area contributed by atoms with Crippen LogP contribution in [-0.2, 0) is 0 Å². The van der Waals surface area contributed by atoms with E-state index in [1.165, 1.54) is 6.21 Å². The molecule has 0 aliphatic carbocycles. The van der Waals surface area contributed by atoms with Crippen LogP contribution in [-0.4, -0.2) is 29.2 Å². The summed E-state index contributed by atoms with van der Waals surface area (Å²) >= 11 is 0. The lowest BCUT2D eigenvalue weighted by Gasteiger charge is -2.03. The number of nitrogens with zero attached hydrogens (tertiary/aromatic N) is 2. The molecule has 24 heavy (non-hydrogen) atoms. The fourth-order valence-corrected chi connectivity index (χ4v) is 2.18. The first kappa shape index (κ1) is 15.4. The summed E-state index contributed by atoms with van der Waals surface area (Å²) in [7, 11) is 1.55. The number of carbonyl (C=O) groups excluding carboxylic acids is 1. The quantitative estimate of drug-likeness (QED) is 0.564. The zero-order chi connectivity index (χ0) is 16.9. The molecule has 0 fully saturated rings. The van der Waals surface area contributed by atoms with Gasteiger partial charge in [-0.05, 0) is 24.3 Å². The van der Waals surface area contributed by atoms with Crippen LogP contribution in [0.25, 0.3) is 10.9 Å². The van der Waals surface area contributed by atoms with Gasteiger partial charge in [-0.3, -0.25) is 9.59 Å². The molecule has 0 saturated heterocycles. The maximum atomic E-state index is 12.1. The lowest BCUT2D eigenvalue weighted by molar-refractivity contribution is 0.0945. The van der Waals surface area contributed by atoms with E-state index in [1.54, 1.807) is 43.5 Å². The number of ether oxygens (including phenoxy) is 1. The van der Waals surface area contributed by atoms with E-state index in [4.69, 9.17) is 4.74 Å². The molecule has 120 valence electrons. The number of benzene rings is 2. The second kappa shape index (κ2) is 6.74. The van der Waals surface area contributed by atoms with Crippen LogP contribution in [0.3, 0.4) is 0 Å². The van der Waals surface area contributed by atoms with Crippen molar-refractivity contribution in [3.05, 3.63) is 70.3 Å². The number of nitrogens with one attached hydrogen (secondary N) is 2. The lowest BCUT2D eigenvalue weighted by Crippen LogP contribution is -2.24. The summed E-state index contributed by atoms with van der Waals surface area (Å²) in [5, 5.41) is 4.29. The van der Waals surface area contributed by atoms with Crippen molar-refractivity contribution < 1.29 is 9.53 Å². The Morgan fingerprint density at radius 3 is 2.79 bits per heavy atom. The molecule has 0 radical (unpaired) electrons. The van der Waals surface area contributed by atoms with Crippen LogP contribution >= 0.6 is 0 Å². The van der Waals surface area contributed by atoms with Gasteiger partial charge in [-0.2, -0.15) is 5.10 Å². The van der Waals surface area contributed by atoms with Gasteiger partial charge in [0.15, 0.2) is 0 Å². The summed E-state index contributed by atoms with van der Waals surface area (Å²) in [4.78, 5) is 30.6. The van der Waals surface area contributed by atoms with E-state index in [9.17, 15) is 9.59 Å². The summed E-state index contributed by atoms with van der Waals surface area (Å²) in [5.74, 6) is -0.0763. The molecule has 0 saturated carbocycles. The zero-order valence-electron chi connectivity index (χ0n) is 12.8. The smallest absolute Gasteiger partial charge is 0.307 e. The van der Waals surface area contributed by atoms with Crippen LogP contribution in [0.15, 0.2) is 58.4 Å². The molecule has 0 unspecified atom stereocenters. The van der Waals surface area contributed by atoms with Crippen molar-refractivity contribution in [2.24, 2.45) is 5.10 Å². The molecule has 7 heteroatoms. The standard InChI is InChI=1S/C17H14N4O3/c1-24-14-9-5-2-6-11(14)10-18-21-17(23)15-19-13-8-4-3-7-12(13)16(22)20-15/h2-10H,1H3,(H,21,23)(H,19,20,22)/b18-10+. The van der Waals surface area contributed by atoms with Crippen LogP contribution in [0, 0.1) is 0 Å². The Balaban J connectivity index is 1.80. The number of aromatic nitrogens is 2. The topological polar surface area (TPSA) is 96.4 Å². The predicted octanol–water partition coefficient (Wildman–Crippen LogP) is 1.70. The molecule has 1 aromatic heterocycles. The number of para-hydroxylation sites is 2. The summed E-state index contributed by atoms with van der Waals surface area (Å²) in [6.45, 7) is 0. The van der Waals surface area contributed by atoms with Gasteiger partial charge in [0.25, 0.3) is 5.56 Å². The number of methoxy groups -OCH3 is 1. The van der Waals surface area contributed by atoms with Gasteiger partial charge in [0.1, 0.15) is 5.75 Å². The molecular weight excluding hydrogens is 308 g/mol. The molecular formula is C17H14N4O3. The minimum absolute atomic E-state index is 0.101. The Morgan fingerprint density at radius 2 is 1.96 bits per heavy atom. The molecule has 0 aliphatic heterocycles. The number of hydrazone groups is 1. The van der Waals surface area contributed by atoms with Gasteiger partial charge < -0.3 is 9.72 Å². The Hall–Kier alpha value is -3.48. The van der Waals surface area contributed by atoms with Gasteiger partial charge >= 0.3 is 5.91 Å². The van der Waals surface area contributed by atoms with Crippen molar-refractivity contribution in [1.29, 1.82) is 0 Å². The molecule has 3 aromatic rings. The fourth-order valence-electron chi connectivity index (χ4n) is 2.18. The van der Waals surface area contributed by atoms with Crippen molar-refractivity contribution in [1.82, 2.24) is 15.4 Å². The maximum Gasteiger partial charge on any atom is 0.307 e. The SMILES string of the molecule is COc1ccccc1/C=N/NC(=O)c1nc2ccccc2c(=O)[nH]1. The van der Waals surface area contributed by atoms with Crippen molar-refractivity contribution in [3.63, 3.8) is 0 Å². The number of aromatic amines is 1. The van der Waals surface area contributed by atoms with Gasteiger partial charge in [0, 0.05) is 5.56 Å². The first-order valence-electron chi connectivity index (χ1n) is 7.14. The van der Waals surface area contributed by atoms with Crippen LogP contribution in [0.4, 0.5) is 0 Å². The number of H-pyrrole nitrogens is 1. The molecule has 2 N–H and O–H groups in total. The highest BCUT2D eigenvalue weighted by Gasteiger charge is 2.10. The number of amides is 1. The van der Waals surface area contributed by atoms with E-state index in [1.807, 2.05) is 12.1 Å². The van der Waals surface area contributed by atoms with E-state index in [2.05, 4.69) is 20.5 Å². The second-order valence-corrected chi connectivity index (χ2v) is 4.87. The Labute approximate surface area is 137 Å². The Kier molecular flexibility index (Phi) is 4.33. The number of carbonyl (C=O) groups is 1. The minimum atomic E-state index is -0.607. The number of hydrogen-bond donors (Lipinski definition) is 2. The molecule has 3 rings (SSSR count). The summed E-state index contributed by atoms with van der Waals surface area (Å²) in [6.07, 6.45) is 1.45. The van der Waals surface area contributed by atoms with E-state index >= 15 is 0 Å². The third-order valence-electron chi connectivity index (χ3n) is 3.34. The van der Waals surface area contributed by atoms with Crippen molar-refractivity contribution in [2.45, 2.75) is 0 Å². The summed E-state index contributed by atoms with van der Waals surface area (Å²) in [6, 6.07) is 14.0. The number of hydrogen-bond acceptors (Lipinski definition) is 5. The van der Waals surface area contributed by atoms with Gasteiger partial charge in [-0.25, -0.2) is 10.4 Å². The highest BCUT2D eigenvalue weighted by Crippen LogP contribution is 2.14. The van der Waals surface area contributed by atoms with Crippen LogP contribution < -0.4 is 15.7 Å². The highest BCUT2D eigenvalue weighted by atomic mass is 16.5. The molecule has 0 atom stereocenters. The van der Waals surface area contributed by atoms with Crippen molar-refractivity contribution in [2.75, 3.05) is 7.11 Å². The predicted molar refractivity (Wildman–Crippen MR) is 90.4 cm³/mol. The van der Waals surface area contributed by atoms with E-state index in [0.717, 1.165) is 0 Å². The molecule has 0 aliphatic rings. The third kappa shape index (κ3) is 3.14. The lowest BCUT2D eigenvalue weighted by atomic mass is 10.2. The Bertz CT molecular complexity index is 979. The van der Waals surface area contributed by atoms with Gasteiger partial charge in [0.2, 0.25) is 5.82 Å². The largest absolute Gasteiger partial charge is 0.496 e. The maximum absolute atomic E-state index is 12.1. The van der Waals surface area contributed by atoms with E-state index in [-0.39, 0.29) is 11.4 Å². The van der Waals surface area contributed by atoms with Crippen LogP contribution in [0.2, 0.25) is 0 Å². The average molecular weight is 322 g/mol. The second-order valence-electron chi connectivity index (χ2n) is 4.87. The average Bonchev–Trinajstić information content (AvgIpc) is 2.62. The van der Waals surface area contributed by atoms with Crippen LogP contribution in [0.1, 0.15) is 16.2 Å². The molecule has 0 spiro atoms. The van der Waals surface area contributed by atoms with Gasteiger partial charge in [0.05, 0.1) is 24.2 Å². The van der Waals surface area contributed by atoms with Crippen LogP contribution in [0.5, 0.6) is 5.75 Å². The van der Waals surface area contributed by atoms with Gasteiger partial charge in [-0.1, -0.05) is 24.3 Å².